The molecule has 2 aromatic rings. The smallest absolute Gasteiger partial charge is 0.416 e. The van der Waals surface area contributed by atoms with Crippen LogP contribution in [-0.4, -0.2) is 61.0 Å². The van der Waals surface area contributed by atoms with Gasteiger partial charge in [0.25, 0.3) is 0 Å². The molecule has 6 nitrogen and oxygen atoms in total. The van der Waals surface area contributed by atoms with Gasteiger partial charge in [-0.15, -0.1) is 0 Å². The number of piperazine rings is 1. The third-order valence-corrected chi connectivity index (χ3v) is 6.45. The lowest BCUT2D eigenvalue weighted by molar-refractivity contribution is -0.143. The topological polar surface area (TPSA) is 59.1 Å². The van der Waals surface area contributed by atoms with Crippen LogP contribution in [0.5, 0.6) is 0 Å². The summed E-state index contributed by atoms with van der Waals surface area (Å²) in [6.07, 6.45) is -3.70. The maximum atomic E-state index is 12.9. The number of ether oxygens (including phenoxy) is 2. The van der Waals surface area contributed by atoms with E-state index >= 15 is 0 Å². The molecule has 10 heteroatoms. The van der Waals surface area contributed by atoms with Gasteiger partial charge < -0.3 is 14.4 Å². The third-order valence-electron chi connectivity index (χ3n) is 6.20. The highest BCUT2D eigenvalue weighted by Gasteiger charge is 2.30. The van der Waals surface area contributed by atoms with Crippen LogP contribution in [-0.2, 0) is 31.8 Å². The number of hydrogen-bond acceptors (Lipinski definition) is 5. The van der Waals surface area contributed by atoms with Gasteiger partial charge in [-0.2, -0.15) is 13.2 Å². The molecule has 0 aliphatic carbocycles. The van der Waals surface area contributed by atoms with E-state index in [1.165, 1.54) is 12.1 Å². The maximum Gasteiger partial charge on any atom is 0.416 e. The van der Waals surface area contributed by atoms with Gasteiger partial charge in [0.15, 0.2) is 0 Å². The minimum absolute atomic E-state index is 0.0248. The summed E-state index contributed by atoms with van der Waals surface area (Å²) in [6, 6.07) is 12.3. The highest BCUT2D eigenvalue weighted by Crippen LogP contribution is 2.30. The van der Waals surface area contributed by atoms with Gasteiger partial charge in [0.1, 0.15) is 0 Å². The van der Waals surface area contributed by atoms with Gasteiger partial charge in [0.05, 0.1) is 24.9 Å². The molecular formula is C27H32ClF3N2O4. The summed E-state index contributed by atoms with van der Waals surface area (Å²) in [4.78, 5) is 28.0. The van der Waals surface area contributed by atoms with Crippen LogP contribution in [0.1, 0.15) is 49.0 Å². The SMILES string of the molecule is CCOC(=O)CCCC(=O)N1CCN(C[C@@H](OCc2ccc(C(F)(F)F)cc2)c2ccc(Cl)cc2)CC1. The molecule has 0 bridgehead atoms. The van der Waals surface area contributed by atoms with Crippen LogP contribution in [0.4, 0.5) is 13.2 Å². The molecule has 1 amide bonds. The Labute approximate surface area is 220 Å². The molecule has 1 aliphatic heterocycles. The molecule has 1 saturated heterocycles. The van der Waals surface area contributed by atoms with Crippen molar-refractivity contribution in [3.8, 4) is 0 Å². The molecule has 1 fully saturated rings. The predicted molar refractivity (Wildman–Crippen MR) is 134 cm³/mol. The first-order valence-corrected chi connectivity index (χ1v) is 12.7. The molecule has 0 spiro atoms. The molecule has 202 valence electrons. The molecule has 0 saturated carbocycles. The lowest BCUT2D eigenvalue weighted by Gasteiger charge is -2.36. The van der Waals surface area contributed by atoms with Crippen molar-refractivity contribution in [1.82, 2.24) is 9.80 Å². The van der Waals surface area contributed by atoms with Gasteiger partial charge >= 0.3 is 12.1 Å². The highest BCUT2D eigenvalue weighted by atomic mass is 35.5. The number of alkyl halides is 3. The second kappa shape index (κ2) is 13.8. The van der Waals surface area contributed by atoms with E-state index in [0.29, 0.717) is 62.8 Å². The van der Waals surface area contributed by atoms with Gasteiger partial charge in [-0.05, 0) is 48.7 Å². The molecule has 0 N–H and O–H groups in total. The first-order chi connectivity index (χ1) is 17.7. The minimum Gasteiger partial charge on any atom is -0.466 e. The average molecular weight is 541 g/mol. The van der Waals surface area contributed by atoms with Crippen LogP contribution in [0.25, 0.3) is 0 Å². The van der Waals surface area contributed by atoms with Gasteiger partial charge in [-0.25, -0.2) is 0 Å². The number of esters is 1. The zero-order valence-electron chi connectivity index (χ0n) is 20.8. The van der Waals surface area contributed by atoms with Crippen molar-refractivity contribution in [2.75, 3.05) is 39.3 Å². The Morgan fingerprint density at radius 1 is 0.973 bits per heavy atom. The molecular weight excluding hydrogens is 509 g/mol. The quantitative estimate of drug-likeness (QED) is 0.353. The van der Waals surface area contributed by atoms with Crippen molar-refractivity contribution in [1.29, 1.82) is 0 Å². The number of benzene rings is 2. The van der Waals surface area contributed by atoms with Crippen molar-refractivity contribution in [2.45, 2.75) is 45.1 Å². The molecule has 1 heterocycles. The van der Waals surface area contributed by atoms with Crippen LogP contribution >= 0.6 is 11.6 Å². The molecule has 37 heavy (non-hydrogen) atoms. The lowest BCUT2D eigenvalue weighted by Crippen LogP contribution is -2.49. The van der Waals surface area contributed by atoms with E-state index in [4.69, 9.17) is 21.1 Å². The van der Waals surface area contributed by atoms with E-state index in [2.05, 4.69) is 4.90 Å². The summed E-state index contributed by atoms with van der Waals surface area (Å²) >= 11 is 6.04. The van der Waals surface area contributed by atoms with Crippen molar-refractivity contribution < 1.29 is 32.2 Å². The molecule has 0 aromatic heterocycles. The summed E-state index contributed by atoms with van der Waals surface area (Å²) in [6.45, 7) is 5.28. The average Bonchev–Trinajstić information content (AvgIpc) is 2.87. The number of hydrogen-bond donors (Lipinski definition) is 0. The molecule has 1 atom stereocenters. The zero-order chi connectivity index (χ0) is 26.8. The Hall–Kier alpha value is -2.62. The summed E-state index contributed by atoms with van der Waals surface area (Å²) in [5.74, 6) is -0.263. The first-order valence-electron chi connectivity index (χ1n) is 12.3. The van der Waals surface area contributed by atoms with Crippen molar-refractivity contribution in [3.05, 3.63) is 70.2 Å². The monoisotopic (exact) mass is 540 g/mol. The van der Waals surface area contributed by atoms with E-state index in [-0.39, 0.29) is 31.0 Å². The van der Waals surface area contributed by atoms with Crippen LogP contribution in [0.3, 0.4) is 0 Å². The largest absolute Gasteiger partial charge is 0.466 e. The fraction of sp³-hybridized carbons (Fsp3) is 0.481. The molecule has 1 aliphatic rings. The number of rotatable bonds is 11. The number of carbonyl (C=O) groups is 2. The van der Waals surface area contributed by atoms with E-state index in [1.807, 2.05) is 17.0 Å². The van der Waals surface area contributed by atoms with E-state index in [0.717, 1.165) is 17.7 Å². The lowest BCUT2D eigenvalue weighted by atomic mass is 10.1. The van der Waals surface area contributed by atoms with Crippen LogP contribution in [0.2, 0.25) is 5.02 Å². The second-order valence-corrected chi connectivity index (χ2v) is 9.32. The van der Waals surface area contributed by atoms with Crippen molar-refractivity contribution in [2.24, 2.45) is 0 Å². The zero-order valence-corrected chi connectivity index (χ0v) is 21.6. The van der Waals surface area contributed by atoms with Crippen LogP contribution < -0.4 is 0 Å². The summed E-state index contributed by atoms with van der Waals surface area (Å²) < 4.78 is 49.6. The number of carbonyl (C=O) groups excluding carboxylic acids is 2. The highest BCUT2D eigenvalue weighted by molar-refractivity contribution is 6.30. The maximum absolute atomic E-state index is 12.9. The minimum atomic E-state index is -4.38. The van der Waals surface area contributed by atoms with Crippen molar-refractivity contribution >= 4 is 23.5 Å². The van der Waals surface area contributed by atoms with Crippen LogP contribution in [0.15, 0.2) is 48.5 Å². The van der Waals surface area contributed by atoms with E-state index < -0.39 is 11.7 Å². The fourth-order valence-corrected chi connectivity index (χ4v) is 4.23. The molecule has 3 rings (SSSR count). The predicted octanol–water partition coefficient (Wildman–Crippen LogP) is 5.49. The van der Waals surface area contributed by atoms with Gasteiger partial charge in [0, 0.05) is 50.6 Å². The number of amides is 1. The third kappa shape index (κ3) is 9.32. The molecule has 2 aromatic carbocycles. The Morgan fingerprint density at radius 3 is 2.22 bits per heavy atom. The summed E-state index contributed by atoms with van der Waals surface area (Å²) in [7, 11) is 0. The Balaban J connectivity index is 1.54. The van der Waals surface area contributed by atoms with E-state index in [1.54, 1.807) is 19.1 Å². The summed E-state index contributed by atoms with van der Waals surface area (Å²) in [5, 5.41) is 0.598. The Kier molecular flexibility index (Phi) is 10.8. The Morgan fingerprint density at radius 2 is 1.62 bits per heavy atom. The molecule has 0 unspecified atom stereocenters. The fourth-order valence-electron chi connectivity index (χ4n) is 4.11. The van der Waals surface area contributed by atoms with E-state index in [9.17, 15) is 22.8 Å². The normalized spacial score (nSPS) is 15.4. The number of nitrogens with zero attached hydrogens (tertiary/aromatic N) is 2. The summed E-state index contributed by atoms with van der Waals surface area (Å²) in [5.41, 5.74) is 0.859. The first kappa shape index (κ1) is 28.9. The molecule has 0 radical (unpaired) electrons. The standard InChI is InChI=1S/C27H32ClF3N2O4/c1-2-36-26(35)5-3-4-25(34)33-16-14-32(15-17-33)18-24(21-8-12-23(28)13-9-21)37-19-20-6-10-22(11-7-20)27(29,30)31/h6-13,24H,2-5,14-19H2,1H3/t24-/m1/s1. The Bertz CT molecular complexity index is 1010. The van der Waals surface area contributed by atoms with Gasteiger partial charge in [-0.3, -0.25) is 14.5 Å². The second-order valence-electron chi connectivity index (χ2n) is 8.89. The van der Waals surface area contributed by atoms with Crippen LogP contribution in [0, 0.1) is 0 Å². The van der Waals surface area contributed by atoms with Gasteiger partial charge in [0.2, 0.25) is 5.91 Å². The number of halogens is 4. The van der Waals surface area contributed by atoms with Gasteiger partial charge in [-0.1, -0.05) is 35.9 Å². The van der Waals surface area contributed by atoms with Crippen molar-refractivity contribution in [3.63, 3.8) is 0 Å².